The van der Waals surface area contributed by atoms with Crippen LogP contribution >= 0.6 is 0 Å². The van der Waals surface area contributed by atoms with Gasteiger partial charge in [0.2, 0.25) is 0 Å². The van der Waals surface area contributed by atoms with Crippen molar-refractivity contribution >= 4 is 22.7 Å². The van der Waals surface area contributed by atoms with Crippen molar-refractivity contribution in [3.05, 3.63) is 59.3 Å². The number of nitrogens with zero attached hydrogens (tertiary/aromatic N) is 1. The van der Waals surface area contributed by atoms with Gasteiger partial charge in [-0.05, 0) is 42.7 Å². The third-order valence-corrected chi connectivity index (χ3v) is 4.71. The number of hydrogen-bond acceptors (Lipinski definition) is 4. The van der Waals surface area contributed by atoms with E-state index in [1.807, 2.05) is 34.9 Å². The zero-order chi connectivity index (χ0) is 17.6. The second-order valence-corrected chi connectivity index (χ2v) is 6.12. The summed E-state index contributed by atoms with van der Waals surface area (Å²) in [5.41, 5.74) is 3.12. The van der Waals surface area contributed by atoms with Crippen molar-refractivity contribution in [2.75, 3.05) is 7.11 Å². The Morgan fingerprint density at radius 3 is 2.60 bits per heavy atom. The molecule has 1 N–H and O–H groups in total. The molecule has 0 amide bonds. The zero-order valence-corrected chi connectivity index (χ0v) is 13.8. The minimum Gasteiger partial charge on any atom is -0.507 e. The topological polar surface area (TPSA) is 68.5 Å². The van der Waals surface area contributed by atoms with Gasteiger partial charge in [0.15, 0.2) is 5.78 Å². The van der Waals surface area contributed by atoms with Crippen LogP contribution in [-0.2, 0) is 11.2 Å². The second kappa shape index (κ2) is 5.77. The van der Waals surface area contributed by atoms with E-state index in [2.05, 4.69) is 0 Å². The number of esters is 1. The summed E-state index contributed by atoms with van der Waals surface area (Å²) in [4.78, 5) is 25.0. The average Bonchev–Trinajstić information content (AvgIpc) is 2.97. The first-order valence-corrected chi connectivity index (χ1v) is 8.19. The molecule has 0 atom stereocenters. The van der Waals surface area contributed by atoms with Gasteiger partial charge < -0.3 is 14.4 Å². The van der Waals surface area contributed by atoms with Crippen LogP contribution in [0.1, 0.15) is 39.3 Å². The van der Waals surface area contributed by atoms with E-state index in [4.69, 9.17) is 4.74 Å². The molecule has 0 radical (unpaired) electrons. The monoisotopic (exact) mass is 335 g/mol. The summed E-state index contributed by atoms with van der Waals surface area (Å²) in [6, 6.07) is 12.8. The van der Waals surface area contributed by atoms with E-state index in [0.717, 1.165) is 23.2 Å². The maximum Gasteiger partial charge on any atom is 0.342 e. The first-order valence-electron chi connectivity index (χ1n) is 8.19. The highest BCUT2D eigenvalue weighted by molar-refractivity contribution is 6.13. The van der Waals surface area contributed by atoms with E-state index < -0.39 is 5.97 Å². The number of methoxy groups -OCH3 is 1. The van der Waals surface area contributed by atoms with Gasteiger partial charge in [-0.15, -0.1) is 0 Å². The van der Waals surface area contributed by atoms with Gasteiger partial charge >= 0.3 is 5.97 Å². The number of para-hydroxylation sites is 1. The molecule has 0 saturated heterocycles. The number of Topliss-reactive ketones (excluding diaryl/α,β-unsaturated/α-hetero) is 1. The highest BCUT2D eigenvalue weighted by atomic mass is 16.5. The maximum absolute atomic E-state index is 12.7. The lowest BCUT2D eigenvalue weighted by molar-refractivity contribution is 0.0599. The molecule has 2 aromatic carbocycles. The van der Waals surface area contributed by atoms with E-state index in [1.165, 1.54) is 13.2 Å². The summed E-state index contributed by atoms with van der Waals surface area (Å²) in [6.45, 7) is 0. The van der Waals surface area contributed by atoms with Crippen molar-refractivity contribution < 1.29 is 19.4 Å². The highest BCUT2D eigenvalue weighted by Gasteiger charge is 2.30. The van der Waals surface area contributed by atoms with Crippen molar-refractivity contribution in [2.24, 2.45) is 0 Å². The number of hydrogen-bond donors (Lipinski definition) is 1. The fourth-order valence-electron chi connectivity index (χ4n) is 3.68. The summed E-state index contributed by atoms with van der Waals surface area (Å²) < 4.78 is 6.75. The Labute approximate surface area is 144 Å². The number of rotatable bonds is 2. The molecule has 1 aromatic heterocycles. The standard InChI is InChI=1S/C20H17NO4/c1-25-20(24)18-15(22)11-10-14-17(18)13-8-5-9-16(23)19(13)21(14)12-6-3-2-4-7-12/h2-4,6-7,10-11,22H,5,8-9H2,1H3. The first kappa shape index (κ1) is 15.4. The number of fused-ring (bicyclic) bond motifs is 3. The Bertz CT molecular complexity index is 1000. The summed E-state index contributed by atoms with van der Waals surface area (Å²) in [5, 5.41) is 10.9. The Morgan fingerprint density at radius 1 is 1.12 bits per heavy atom. The predicted octanol–water partition coefficient (Wildman–Crippen LogP) is 3.64. The van der Waals surface area contributed by atoms with Gasteiger partial charge in [-0.3, -0.25) is 4.79 Å². The SMILES string of the molecule is COC(=O)c1c(O)ccc2c1c1c(n2-c2ccccc2)C(=O)CCC1. The molecular formula is C20H17NO4. The van der Waals surface area contributed by atoms with Crippen LogP contribution in [0.2, 0.25) is 0 Å². The lowest BCUT2D eigenvalue weighted by Crippen LogP contribution is -2.14. The molecule has 0 fully saturated rings. The average molecular weight is 335 g/mol. The minimum atomic E-state index is -0.603. The Balaban J connectivity index is 2.18. The summed E-state index contributed by atoms with van der Waals surface area (Å²) >= 11 is 0. The van der Waals surface area contributed by atoms with Gasteiger partial charge in [0.25, 0.3) is 0 Å². The number of aryl methyl sites for hydroxylation is 1. The number of phenolic OH excluding ortho intramolecular Hbond substituents is 1. The number of ether oxygens (including phenoxy) is 1. The van der Waals surface area contributed by atoms with Crippen LogP contribution in [0.5, 0.6) is 5.75 Å². The largest absolute Gasteiger partial charge is 0.507 e. The third kappa shape index (κ3) is 2.23. The smallest absolute Gasteiger partial charge is 0.342 e. The number of aromatic nitrogens is 1. The number of carbonyl (C=O) groups is 2. The van der Waals surface area contributed by atoms with Crippen molar-refractivity contribution in [1.82, 2.24) is 4.57 Å². The Kier molecular flexibility index (Phi) is 3.57. The number of ketones is 1. The minimum absolute atomic E-state index is 0.0524. The van der Waals surface area contributed by atoms with Crippen LogP contribution in [-0.4, -0.2) is 28.5 Å². The first-order chi connectivity index (χ1) is 12.1. The van der Waals surface area contributed by atoms with Crippen LogP contribution < -0.4 is 0 Å². The second-order valence-electron chi connectivity index (χ2n) is 6.12. The summed E-state index contributed by atoms with van der Waals surface area (Å²) in [6.07, 6.45) is 1.90. The molecule has 0 saturated carbocycles. The quantitative estimate of drug-likeness (QED) is 0.726. The molecule has 0 spiro atoms. The number of benzene rings is 2. The molecule has 3 aromatic rings. The molecule has 25 heavy (non-hydrogen) atoms. The highest BCUT2D eigenvalue weighted by Crippen LogP contribution is 2.39. The van der Waals surface area contributed by atoms with Crippen LogP contribution in [0.25, 0.3) is 16.6 Å². The predicted molar refractivity (Wildman–Crippen MR) is 93.5 cm³/mol. The molecule has 0 unspecified atom stereocenters. The molecule has 1 heterocycles. The molecule has 5 heteroatoms. The molecule has 126 valence electrons. The molecule has 5 nitrogen and oxygen atoms in total. The molecule has 1 aliphatic rings. The number of aromatic hydroxyl groups is 1. The Hall–Kier alpha value is -3.08. The number of carbonyl (C=O) groups excluding carboxylic acids is 2. The lowest BCUT2D eigenvalue weighted by atomic mass is 9.92. The molecule has 1 aliphatic carbocycles. The fourth-order valence-corrected chi connectivity index (χ4v) is 3.68. The van der Waals surface area contributed by atoms with E-state index in [0.29, 0.717) is 23.9 Å². The van der Waals surface area contributed by atoms with Gasteiger partial charge in [0.05, 0.1) is 18.3 Å². The fraction of sp³-hybridized carbons (Fsp3) is 0.200. The molecular weight excluding hydrogens is 318 g/mol. The van der Waals surface area contributed by atoms with Gasteiger partial charge in [0.1, 0.15) is 11.3 Å². The third-order valence-electron chi connectivity index (χ3n) is 4.71. The van der Waals surface area contributed by atoms with E-state index in [1.54, 1.807) is 6.07 Å². The summed E-state index contributed by atoms with van der Waals surface area (Å²) in [5.74, 6) is -0.684. The lowest BCUT2D eigenvalue weighted by Gasteiger charge is -2.15. The van der Waals surface area contributed by atoms with Crippen molar-refractivity contribution in [1.29, 1.82) is 0 Å². The number of phenols is 1. The van der Waals surface area contributed by atoms with Crippen LogP contribution in [0, 0.1) is 0 Å². The van der Waals surface area contributed by atoms with Crippen LogP contribution in [0.4, 0.5) is 0 Å². The van der Waals surface area contributed by atoms with Crippen LogP contribution in [0.3, 0.4) is 0 Å². The summed E-state index contributed by atoms with van der Waals surface area (Å²) in [7, 11) is 1.28. The molecule has 0 bridgehead atoms. The zero-order valence-electron chi connectivity index (χ0n) is 13.8. The van der Waals surface area contributed by atoms with Crippen molar-refractivity contribution in [3.8, 4) is 11.4 Å². The van der Waals surface area contributed by atoms with Gasteiger partial charge in [-0.2, -0.15) is 0 Å². The molecule has 4 rings (SSSR count). The Morgan fingerprint density at radius 2 is 1.88 bits per heavy atom. The molecule has 0 aliphatic heterocycles. The van der Waals surface area contributed by atoms with Crippen molar-refractivity contribution in [3.63, 3.8) is 0 Å². The maximum atomic E-state index is 12.7. The van der Waals surface area contributed by atoms with E-state index in [-0.39, 0.29) is 17.1 Å². The van der Waals surface area contributed by atoms with Gasteiger partial charge in [-0.25, -0.2) is 4.79 Å². The van der Waals surface area contributed by atoms with E-state index >= 15 is 0 Å². The van der Waals surface area contributed by atoms with Gasteiger partial charge in [0, 0.05) is 17.5 Å². The van der Waals surface area contributed by atoms with Crippen molar-refractivity contribution in [2.45, 2.75) is 19.3 Å². The normalized spacial score (nSPS) is 13.7. The van der Waals surface area contributed by atoms with Gasteiger partial charge in [-0.1, -0.05) is 18.2 Å². The van der Waals surface area contributed by atoms with Crippen LogP contribution in [0.15, 0.2) is 42.5 Å². The van der Waals surface area contributed by atoms with E-state index in [9.17, 15) is 14.7 Å².